The van der Waals surface area contributed by atoms with Crippen molar-refractivity contribution in [3.63, 3.8) is 0 Å². The molecule has 1 heterocycles. The Kier molecular flexibility index (Phi) is 5.90. The normalized spacial score (nSPS) is 21.8. The monoisotopic (exact) mass is 458 g/mol. The Morgan fingerprint density at radius 2 is 1.82 bits per heavy atom. The van der Waals surface area contributed by atoms with E-state index in [1.165, 1.54) is 17.0 Å². The predicted molar refractivity (Wildman–Crippen MR) is 118 cm³/mol. The highest BCUT2D eigenvalue weighted by atomic mass is 19.4. The van der Waals surface area contributed by atoms with Gasteiger partial charge in [-0.15, -0.1) is 0 Å². The fourth-order valence-electron chi connectivity index (χ4n) is 4.75. The molecule has 2 amide bonds. The van der Waals surface area contributed by atoms with Gasteiger partial charge < -0.3 is 11.1 Å². The third-order valence-electron chi connectivity index (χ3n) is 6.47. The Morgan fingerprint density at radius 1 is 1.12 bits per heavy atom. The van der Waals surface area contributed by atoms with E-state index < -0.39 is 23.2 Å². The summed E-state index contributed by atoms with van der Waals surface area (Å²) in [7, 11) is 1.59. The molecule has 33 heavy (non-hydrogen) atoms. The zero-order valence-corrected chi connectivity index (χ0v) is 18.2. The highest BCUT2D eigenvalue weighted by molar-refractivity contribution is 6.08. The third-order valence-corrected chi connectivity index (χ3v) is 6.47. The number of benzene rings is 2. The highest BCUT2D eigenvalue weighted by Crippen LogP contribution is 2.46. The second-order valence-corrected chi connectivity index (χ2v) is 8.55. The number of anilines is 1. The standard InChI is InChI=1S/C24H25F3N4O2/c1-31-21(33)23(30-22(31)28,16-8-3-2-4-9-16)17-10-6-12-19(14-17)29-20(32)15-7-5-11-18(13-15)24(25,26)27/h5-7,10-14,16H,2-4,8-9H2,1H3,(H2,28,30)(H,29,32). The molecule has 2 aliphatic rings. The van der Waals surface area contributed by atoms with Gasteiger partial charge in [-0.1, -0.05) is 37.5 Å². The van der Waals surface area contributed by atoms with E-state index >= 15 is 0 Å². The first-order valence-corrected chi connectivity index (χ1v) is 10.9. The van der Waals surface area contributed by atoms with Crippen LogP contribution in [0.2, 0.25) is 0 Å². The van der Waals surface area contributed by atoms with E-state index in [0.717, 1.165) is 44.2 Å². The van der Waals surface area contributed by atoms with Crippen LogP contribution in [0.25, 0.3) is 0 Å². The molecule has 4 rings (SSSR count). The third kappa shape index (κ3) is 4.19. The number of carbonyl (C=O) groups is 2. The number of alkyl halides is 3. The van der Waals surface area contributed by atoms with Crippen LogP contribution in [0.1, 0.15) is 53.6 Å². The molecule has 3 N–H and O–H groups in total. The smallest absolute Gasteiger partial charge is 0.369 e. The van der Waals surface area contributed by atoms with Gasteiger partial charge in [0, 0.05) is 18.3 Å². The minimum Gasteiger partial charge on any atom is -0.369 e. The van der Waals surface area contributed by atoms with Gasteiger partial charge in [0.15, 0.2) is 11.5 Å². The summed E-state index contributed by atoms with van der Waals surface area (Å²) in [6.45, 7) is 0. The first-order chi connectivity index (χ1) is 15.6. The number of hydrogen-bond donors (Lipinski definition) is 2. The molecule has 0 aromatic heterocycles. The predicted octanol–water partition coefficient (Wildman–Crippen LogP) is 4.52. The van der Waals surface area contributed by atoms with Gasteiger partial charge in [-0.05, 0) is 54.7 Å². The minimum atomic E-state index is -4.55. The van der Waals surface area contributed by atoms with Crippen molar-refractivity contribution in [1.82, 2.24) is 4.90 Å². The van der Waals surface area contributed by atoms with Crippen molar-refractivity contribution >= 4 is 23.5 Å². The number of guanidine groups is 1. The highest BCUT2D eigenvalue weighted by Gasteiger charge is 2.53. The number of nitrogens with zero attached hydrogens (tertiary/aromatic N) is 2. The number of nitrogens with one attached hydrogen (secondary N) is 1. The molecule has 1 fully saturated rings. The Morgan fingerprint density at radius 3 is 2.45 bits per heavy atom. The Bertz CT molecular complexity index is 1110. The van der Waals surface area contributed by atoms with Gasteiger partial charge in [-0.25, -0.2) is 4.99 Å². The van der Waals surface area contributed by atoms with Crippen LogP contribution in [0.3, 0.4) is 0 Å². The Balaban J connectivity index is 1.67. The maximum absolute atomic E-state index is 13.4. The molecule has 1 aliphatic carbocycles. The summed E-state index contributed by atoms with van der Waals surface area (Å²) in [6.07, 6.45) is 0.197. The molecule has 0 radical (unpaired) electrons. The van der Waals surface area contributed by atoms with E-state index in [2.05, 4.69) is 10.3 Å². The SMILES string of the molecule is CN1C(=O)C(c2cccc(NC(=O)c3cccc(C(F)(F)F)c3)c2)(C2CCCCC2)N=C1N. The fourth-order valence-corrected chi connectivity index (χ4v) is 4.75. The van der Waals surface area contributed by atoms with Gasteiger partial charge in [0.1, 0.15) is 0 Å². The Hall–Kier alpha value is -3.36. The number of hydrogen-bond acceptors (Lipinski definition) is 4. The van der Waals surface area contributed by atoms with Crippen LogP contribution in [-0.2, 0) is 16.5 Å². The summed E-state index contributed by atoms with van der Waals surface area (Å²) >= 11 is 0. The average molecular weight is 458 g/mol. The van der Waals surface area contributed by atoms with Crippen molar-refractivity contribution < 1.29 is 22.8 Å². The summed E-state index contributed by atoms with van der Waals surface area (Å²) in [5.74, 6) is -0.781. The number of halogens is 3. The van der Waals surface area contributed by atoms with Crippen molar-refractivity contribution in [2.45, 2.75) is 43.8 Å². The number of nitrogens with two attached hydrogens (primary N) is 1. The lowest BCUT2D eigenvalue weighted by atomic mass is 9.71. The zero-order chi connectivity index (χ0) is 23.8. The number of likely N-dealkylation sites (N-methyl/N-ethyl adjacent to an activating group) is 1. The molecule has 0 spiro atoms. The minimum absolute atomic E-state index is 0.0309. The lowest BCUT2D eigenvalue weighted by molar-refractivity contribution is -0.137. The molecule has 9 heteroatoms. The molecular weight excluding hydrogens is 433 g/mol. The Labute approximate surface area is 189 Å². The van der Waals surface area contributed by atoms with E-state index in [1.807, 2.05) is 0 Å². The first-order valence-electron chi connectivity index (χ1n) is 10.9. The number of rotatable bonds is 4. The van der Waals surface area contributed by atoms with Crippen LogP contribution >= 0.6 is 0 Å². The summed E-state index contributed by atoms with van der Waals surface area (Å²) < 4.78 is 39.0. The van der Waals surface area contributed by atoms with Crippen LogP contribution in [0.4, 0.5) is 18.9 Å². The van der Waals surface area contributed by atoms with Gasteiger partial charge in [-0.2, -0.15) is 13.2 Å². The molecule has 1 atom stereocenters. The molecule has 174 valence electrons. The van der Waals surface area contributed by atoms with Crippen molar-refractivity contribution in [3.05, 3.63) is 65.2 Å². The molecule has 0 bridgehead atoms. The maximum Gasteiger partial charge on any atom is 0.416 e. The van der Waals surface area contributed by atoms with Crippen molar-refractivity contribution in [1.29, 1.82) is 0 Å². The average Bonchev–Trinajstić information content (AvgIpc) is 3.04. The van der Waals surface area contributed by atoms with E-state index in [1.54, 1.807) is 31.3 Å². The van der Waals surface area contributed by atoms with Crippen LogP contribution in [0.5, 0.6) is 0 Å². The van der Waals surface area contributed by atoms with E-state index in [-0.39, 0.29) is 23.3 Å². The van der Waals surface area contributed by atoms with Gasteiger partial charge in [0.2, 0.25) is 0 Å². The second kappa shape index (κ2) is 8.53. The van der Waals surface area contributed by atoms with Crippen LogP contribution in [-0.4, -0.2) is 29.7 Å². The summed E-state index contributed by atoms with van der Waals surface area (Å²) in [6, 6.07) is 11.0. The van der Waals surface area contributed by atoms with Crippen molar-refractivity contribution in [2.24, 2.45) is 16.6 Å². The molecule has 2 aromatic rings. The number of amides is 2. The van der Waals surface area contributed by atoms with Crippen molar-refractivity contribution in [2.75, 3.05) is 12.4 Å². The summed E-state index contributed by atoms with van der Waals surface area (Å²) in [5, 5.41) is 2.65. The van der Waals surface area contributed by atoms with Crippen molar-refractivity contribution in [3.8, 4) is 0 Å². The molecule has 1 saturated carbocycles. The quantitative estimate of drug-likeness (QED) is 0.706. The molecule has 1 unspecified atom stereocenters. The zero-order valence-electron chi connectivity index (χ0n) is 18.2. The number of carbonyl (C=O) groups excluding carboxylic acids is 2. The number of aliphatic imine (C=N–C) groups is 1. The van der Waals surface area contributed by atoms with E-state index in [4.69, 9.17) is 5.73 Å². The van der Waals surface area contributed by atoms with Gasteiger partial charge >= 0.3 is 6.18 Å². The van der Waals surface area contributed by atoms with Gasteiger partial charge in [0.05, 0.1) is 5.56 Å². The van der Waals surface area contributed by atoms with Crippen LogP contribution < -0.4 is 11.1 Å². The van der Waals surface area contributed by atoms with Gasteiger partial charge in [-0.3, -0.25) is 14.5 Å². The molecule has 2 aromatic carbocycles. The van der Waals surface area contributed by atoms with Crippen LogP contribution in [0, 0.1) is 5.92 Å². The fraction of sp³-hybridized carbons (Fsp3) is 0.375. The van der Waals surface area contributed by atoms with E-state index in [9.17, 15) is 22.8 Å². The summed E-state index contributed by atoms with van der Waals surface area (Å²) in [4.78, 5) is 32.0. The maximum atomic E-state index is 13.4. The lowest BCUT2D eigenvalue weighted by Gasteiger charge is -2.36. The lowest BCUT2D eigenvalue weighted by Crippen LogP contribution is -2.45. The first kappa shape index (κ1) is 22.8. The second-order valence-electron chi connectivity index (χ2n) is 8.55. The molecular formula is C24H25F3N4O2. The summed E-state index contributed by atoms with van der Waals surface area (Å²) in [5.41, 5.74) is 4.81. The van der Waals surface area contributed by atoms with Crippen LogP contribution in [0.15, 0.2) is 53.5 Å². The molecule has 0 saturated heterocycles. The van der Waals surface area contributed by atoms with Gasteiger partial charge in [0.25, 0.3) is 11.8 Å². The van der Waals surface area contributed by atoms with E-state index in [0.29, 0.717) is 11.3 Å². The topological polar surface area (TPSA) is 87.8 Å². The molecule has 6 nitrogen and oxygen atoms in total. The largest absolute Gasteiger partial charge is 0.416 e. The molecule has 1 aliphatic heterocycles.